The molecule has 3 aromatic rings. The van der Waals surface area contributed by atoms with Crippen molar-refractivity contribution >= 4 is 5.91 Å². The number of hydrogen-bond donors (Lipinski definition) is 1. The second-order valence-corrected chi connectivity index (χ2v) is 5.28. The van der Waals surface area contributed by atoms with E-state index in [0.717, 1.165) is 5.56 Å². The van der Waals surface area contributed by atoms with Gasteiger partial charge in [0.25, 0.3) is 5.91 Å². The van der Waals surface area contributed by atoms with Gasteiger partial charge < -0.3 is 10.1 Å². The topological polar surface area (TPSA) is 56.1 Å². The van der Waals surface area contributed by atoms with Gasteiger partial charge in [-0.2, -0.15) is 5.10 Å². The highest BCUT2D eigenvalue weighted by Crippen LogP contribution is 2.18. The van der Waals surface area contributed by atoms with Crippen LogP contribution in [0.3, 0.4) is 0 Å². The maximum Gasteiger partial charge on any atom is 0.255 e. The number of carbonyl (C=O) groups is 1. The van der Waals surface area contributed by atoms with Crippen molar-refractivity contribution in [2.75, 3.05) is 6.61 Å². The summed E-state index contributed by atoms with van der Waals surface area (Å²) in [5, 5.41) is 7.05. The summed E-state index contributed by atoms with van der Waals surface area (Å²) in [5.41, 5.74) is 1.59. The van der Waals surface area contributed by atoms with Crippen LogP contribution >= 0.6 is 0 Å². The van der Waals surface area contributed by atoms with Gasteiger partial charge in [-0.15, -0.1) is 0 Å². The highest BCUT2D eigenvalue weighted by molar-refractivity contribution is 5.96. The van der Waals surface area contributed by atoms with Crippen LogP contribution in [0.25, 0.3) is 0 Å². The van der Waals surface area contributed by atoms with Crippen LogP contribution < -0.4 is 10.1 Å². The number of amides is 1. The fraction of sp³-hybridized carbons (Fsp3) is 0.158. The highest BCUT2D eigenvalue weighted by atomic mass is 16.5. The Morgan fingerprint density at radius 1 is 1.04 bits per heavy atom. The van der Waals surface area contributed by atoms with Gasteiger partial charge in [0, 0.05) is 18.9 Å². The maximum absolute atomic E-state index is 12.4. The van der Waals surface area contributed by atoms with E-state index in [1.54, 1.807) is 23.0 Å². The minimum atomic E-state index is -0.145. The molecule has 0 radical (unpaired) electrons. The van der Waals surface area contributed by atoms with Crippen LogP contribution in [0.2, 0.25) is 0 Å². The third-order valence-electron chi connectivity index (χ3n) is 3.56. The number of aromatic nitrogens is 2. The number of para-hydroxylation sites is 1. The summed E-state index contributed by atoms with van der Waals surface area (Å²) in [6, 6.07) is 18.9. The summed E-state index contributed by atoms with van der Waals surface area (Å²) in [5.74, 6) is 0.434. The lowest BCUT2D eigenvalue weighted by Gasteiger charge is -2.12. The van der Waals surface area contributed by atoms with Crippen molar-refractivity contribution in [3.8, 4) is 5.75 Å². The van der Waals surface area contributed by atoms with Gasteiger partial charge in [-0.1, -0.05) is 42.5 Å². The number of ether oxygens (including phenoxy) is 1. The molecule has 1 amide bonds. The Morgan fingerprint density at radius 3 is 2.62 bits per heavy atom. The molecule has 0 spiro atoms. The monoisotopic (exact) mass is 321 g/mol. The fourth-order valence-corrected chi connectivity index (χ4v) is 2.34. The lowest BCUT2D eigenvalue weighted by atomic mass is 10.1. The zero-order chi connectivity index (χ0) is 16.6. The van der Waals surface area contributed by atoms with E-state index in [1.165, 1.54) is 0 Å². The van der Waals surface area contributed by atoms with E-state index < -0.39 is 0 Å². The third-order valence-corrected chi connectivity index (χ3v) is 3.56. The number of nitrogens with one attached hydrogen (secondary N) is 1. The maximum atomic E-state index is 12.4. The molecule has 1 aromatic heterocycles. The second kappa shape index (κ2) is 7.97. The Hall–Kier alpha value is -3.08. The SMILES string of the molecule is O=C(NCc1ccccc1)c1ccccc1OCCn1cccn1. The van der Waals surface area contributed by atoms with Crippen molar-refractivity contribution in [3.63, 3.8) is 0 Å². The number of carbonyl (C=O) groups excluding carboxylic acids is 1. The second-order valence-electron chi connectivity index (χ2n) is 5.28. The Balaban J connectivity index is 1.59. The molecule has 0 saturated carbocycles. The van der Waals surface area contributed by atoms with E-state index in [-0.39, 0.29) is 5.91 Å². The molecule has 0 aliphatic heterocycles. The van der Waals surface area contributed by atoms with E-state index in [4.69, 9.17) is 4.74 Å². The first kappa shape index (κ1) is 15.8. The summed E-state index contributed by atoms with van der Waals surface area (Å²) in [6.45, 7) is 1.57. The molecule has 0 bridgehead atoms. The normalized spacial score (nSPS) is 10.3. The molecule has 1 heterocycles. The summed E-state index contributed by atoms with van der Waals surface area (Å²) in [7, 11) is 0. The van der Waals surface area contributed by atoms with Crippen molar-refractivity contribution in [1.82, 2.24) is 15.1 Å². The van der Waals surface area contributed by atoms with Crippen LogP contribution in [0.4, 0.5) is 0 Å². The van der Waals surface area contributed by atoms with Crippen molar-refractivity contribution in [1.29, 1.82) is 0 Å². The molecule has 0 saturated heterocycles. The number of hydrogen-bond acceptors (Lipinski definition) is 3. The van der Waals surface area contributed by atoms with E-state index in [1.807, 2.05) is 54.7 Å². The molecular weight excluding hydrogens is 302 g/mol. The zero-order valence-electron chi connectivity index (χ0n) is 13.3. The van der Waals surface area contributed by atoms with E-state index in [0.29, 0.717) is 31.0 Å². The Morgan fingerprint density at radius 2 is 1.83 bits per heavy atom. The van der Waals surface area contributed by atoms with E-state index >= 15 is 0 Å². The van der Waals surface area contributed by atoms with Crippen LogP contribution in [0.15, 0.2) is 73.1 Å². The lowest BCUT2D eigenvalue weighted by Crippen LogP contribution is -2.23. The van der Waals surface area contributed by atoms with Gasteiger partial charge in [-0.25, -0.2) is 0 Å². The first-order valence-corrected chi connectivity index (χ1v) is 7.84. The standard InChI is InChI=1S/C19H19N3O2/c23-19(20-15-16-7-2-1-3-8-16)17-9-4-5-10-18(17)24-14-13-22-12-6-11-21-22/h1-12H,13-15H2,(H,20,23). The van der Waals surface area contributed by atoms with Crippen LogP contribution in [0, 0.1) is 0 Å². The number of benzene rings is 2. The smallest absolute Gasteiger partial charge is 0.255 e. The van der Waals surface area contributed by atoms with Gasteiger partial charge in [0.15, 0.2) is 0 Å². The minimum absolute atomic E-state index is 0.145. The lowest BCUT2D eigenvalue weighted by molar-refractivity contribution is 0.0946. The number of rotatable bonds is 7. The molecule has 24 heavy (non-hydrogen) atoms. The third kappa shape index (κ3) is 4.23. The van der Waals surface area contributed by atoms with Gasteiger partial charge in [-0.05, 0) is 23.8 Å². The average molecular weight is 321 g/mol. The van der Waals surface area contributed by atoms with Gasteiger partial charge in [0.05, 0.1) is 12.1 Å². The van der Waals surface area contributed by atoms with Crippen molar-refractivity contribution in [2.45, 2.75) is 13.1 Å². The quantitative estimate of drug-likeness (QED) is 0.728. The molecule has 0 aliphatic rings. The molecule has 0 aliphatic carbocycles. The molecular formula is C19H19N3O2. The van der Waals surface area contributed by atoms with Crippen molar-refractivity contribution < 1.29 is 9.53 Å². The number of nitrogens with zero attached hydrogens (tertiary/aromatic N) is 2. The Labute approximate surface area is 140 Å². The molecule has 122 valence electrons. The molecule has 0 atom stereocenters. The average Bonchev–Trinajstić information content (AvgIpc) is 3.14. The molecule has 0 fully saturated rings. The summed E-state index contributed by atoms with van der Waals surface area (Å²) in [6.07, 6.45) is 3.60. The fourth-order valence-electron chi connectivity index (χ4n) is 2.34. The first-order chi connectivity index (χ1) is 11.8. The first-order valence-electron chi connectivity index (χ1n) is 7.84. The van der Waals surface area contributed by atoms with E-state index in [9.17, 15) is 4.79 Å². The van der Waals surface area contributed by atoms with Gasteiger partial charge in [0.1, 0.15) is 12.4 Å². The molecule has 5 nitrogen and oxygen atoms in total. The summed E-state index contributed by atoms with van der Waals surface area (Å²) >= 11 is 0. The largest absolute Gasteiger partial charge is 0.491 e. The van der Waals surface area contributed by atoms with Crippen molar-refractivity contribution in [3.05, 3.63) is 84.2 Å². The molecule has 5 heteroatoms. The predicted molar refractivity (Wildman–Crippen MR) is 91.8 cm³/mol. The Kier molecular flexibility index (Phi) is 5.24. The zero-order valence-corrected chi connectivity index (χ0v) is 13.3. The molecule has 3 rings (SSSR count). The Bertz CT molecular complexity index is 770. The van der Waals surface area contributed by atoms with E-state index in [2.05, 4.69) is 10.4 Å². The summed E-state index contributed by atoms with van der Waals surface area (Å²) < 4.78 is 7.55. The van der Waals surface area contributed by atoms with Gasteiger partial charge >= 0.3 is 0 Å². The van der Waals surface area contributed by atoms with Crippen LogP contribution in [-0.4, -0.2) is 22.3 Å². The van der Waals surface area contributed by atoms with Crippen LogP contribution in [-0.2, 0) is 13.1 Å². The van der Waals surface area contributed by atoms with Crippen molar-refractivity contribution in [2.24, 2.45) is 0 Å². The van der Waals surface area contributed by atoms with Crippen LogP contribution in [0.5, 0.6) is 5.75 Å². The van der Waals surface area contributed by atoms with Crippen LogP contribution in [0.1, 0.15) is 15.9 Å². The highest BCUT2D eigenvalue weighted by Gasteiger charge is 2.11. The minimum Gasteiger partial charge on any atom is -0.491 e. The summed E-state index contributed by atoms with van der Waals surface area (Å²) in [4.78, 5) is 12.4. The molecule has 0 unspecified atom stereocenters. The van der Waals surface area contributed by atoms with Gasteiger partial charge in [-0.3, -0.25) is 9.48 Å². The molecule has 2 aromatic carbocycles. The predicted octanol–water partition coefficient (Wildman–Crippen LogP) is 2.89. The molecule has 1 N–H and O–H groups in total. The van der Waals surface area contributed by atoms with Gasteiger partial charge in [0.2, 0.25) is 0 Å².